The number of esters is 1. The minimum atomic E-state index is -0.601. The molecular weight excluding hydrogens is 266 g/mol. The molecule has 0 saturated carbocycles. The Hall–Kier alpha value is -1.55. The number of para-hydroxylation sites is 1. The predicted octanol–water partition coefficient (Wildman–Crippen LogP) is 2.86. The van der Waals surface area contributed by atoms with Crippen molar-refractivity contribution >= 4 is 5.97 Å². The molecular formula is C17H25NO3. The Kier molecular flexibility index (Phi) is 5.23. The molecule has 2 rings (SSSR count). The van der Waals surface area contributed by atoms with Gasteiger partial charge in [-0.25, -0.2) is 0 Å². The van der Waals surface area contributed by atoms with Crippen molar-refractivity contribution in [2.45, 2.75) is 39.0 Å². The van der Waals surface area contributed by atoms with Crippen LogP contribution in [0.4, 0.5) is 0 Å². The molecule has 0 bridgehead atoms. The van der Waals surface area contributed by atoms with E-state index in [1.54, 1.807) is 0 Å². The summed E-state index contributed by atoms with van der Waals surface area (Å²) in [6.45, 7) is 5.23. The van der Waals surface area contributed by atoms with Crippen LogP contribution in [-0.2, 0) is 9.53 Å². The van der Waals surface area contributed by atoms with Crippen molar-refractivity contribution in [3.63, 3.8) is 0 Å². The van der Waals surface area contributed by atoms with Gasteiger partial charge in [-0.1, -0.05) is 31.5 Å². The minimum absolute atomic E-state index is 0.168. The van der Waals surface area contributed by atoms with E-state index >= 15 is 0 Å². The van der Waals surface area contributed by atoms with Gasteiger partial charge < -0.3 is 15.2 Å². The van der Waals surface area contributed by atoms with Crippen LogP contribution in [-0.4, -0.2) is 25.7 Å². The Labute approximate surface area is 126 Å². The second-order valence-corrected chi connectivity index (χ2v) is 5.70. The SMILES string of the molecule is CCCC(CN)(CC1COc2ccccc21)C(=O)OCC. The smallest absolute Gasteiger partial charge is 0.313 e. The average Bonchev–Trinajstić information content (AvgIpc) is 2.90. The summed E-state index contributed by atoms with van der Waals surface area (Å²) in [5.41, 5.74) is 6.56. The van der Waals surface area contributed by atoms with Crippen LogP contribution < -0.4 is 10.5 Å². The van der Waals surface area contributed by atoms with Crippen molar-refractivity contribution < 1.29 is 14.3 Å². The second-order valence-electron chi connectivity index (χ2n) is 5.70. The maximum Gasteiger partial charge on any atom is 0.313 e. The number of benzene rings is 1. The molecule has 0 radical (unpaired) electrons. The number of hydrogen-bond acceptors (Lipinski definition) is 4. The molecule has 2 unspecified atom stereocenters. The zero-order valence-corrected chi connectivity index (χ0v) is 12.9. The molecule has 0 aromatic heterocycles. The first-order chi connectivity index (χ1) is 10.2. The zero-order valence-electron chi connectivity index (χ0n) is 12.9. The first-order valence-electron chi connectivity index (χ1n) is 7.76. The summed E-state index contributed by atoms with van der Waals surface area (Å²) in [5.74, 6) is 0.966. The third kappa shape index (κ3) is 3.21. The first kappa shape index (κ1) is 15.8. The van der Waals surface area contributed by atoms with Crippen molar-refractivity contribution in [3.8, 4) is 5.75 Å². The minimum Gasteiger partial charge on any atom is -0.493 e. The van der Waals surface area contributed by atoms with Gasteiger partial charge in [0.05, 0.1) is 18.6 Å². The lowest BCUT2D eigenvalue weighted by Gasteiger charge is -2.32. The quantitative estimate of drug-likeness (QED) is 0.785. The van der Waals surface area contributed by atoms with Crippen LogP contribution in [0.25, 0.3) is 0 Å². The molecule has 116 valence electrons. The summed E-state index contributed by atoms with van der Waals surface area (Å²) in [4.78, 5) is 12.4. The first-order valence-corrected chi connectivity index (χ1v) is 7.76. The number of hydrogen-bond donors (Lipinski definition) is 1. The van der Waals surface area contributed by atoms with Crippen LogP contribution in [0.3, 0.4) is 0 Å². The number of nitrogens with two attached hydrogens (primary N) is 1. The molecule has 2 atom stereocenters. The van der Waals surface area contributed by atoms with Gasteiger partial charge in [-0.3, -0.25) is 4.79 Å². The van der Waals surface area contributed by atoms with Crippen LogP contribution in [0.15, 0.2) is 24.3 Å². The molecule has 0 spiro atoms. The number of carbonyl (C=O) groups excluding carboxylic acids is 1. The van der Waals surface area contributed by atoms with Crippen LogP contribution >= 0.6 is 0 Å². The Morgan fingerprint density at radius 1 is 1.43 bits per heavy atom. The van der Waals surface area contributed by atoms with Crippen LogP contribution in [0.2, 0.25) is 0 Å². The van der Waals surface area contributed by atoms with E-state index in [9.17, 15) is 4.79 Å². The fourth-order valence-electron chi connectivity index (χ4n) is 3.19. The highest BCUT2D eigenvalue weighted by Gasteiger charge is 2.42. The van der Waals surface area contributed by atoms with Gasteiger partial charge in [0.1, 0.15) is 5.75 Å². The van der Waals surface area contributed by atoms with E-state index in [1.807, 2.05) is 25.1 Å². The summed E-state index contributed by atoms with van der Waals surface area (Å²) in [6, 6.07) is 8.03. The molecule has 0 aliphatic carbocycles. The second kappa shape index (κ2) is 6.94. The van der Waals surface area contributed by atoms with E-state index in [2.05, 4.69) is 13.0 Å². The number of fused-ring (bicyclic) bond motifs is 1. The van der Waals surface area contributed by atoms with Gasteiger partial charge in [-0.15, -0.1) is 0 Å². The fourth-order valence-corrected chi connectivity index (χ4v) is 3.19. The van der Waals surface area contributed by atoms with E-state index in [0.29, 0.717) is 26.2 Å². The molecule has 1 heterocycles. The lowest BCUT2D eigenvalue weighted by molar-refractivity contribution is -0.156. The molecule has 1 aliphatic rings. The maximum absolute atomic E-state index is 12.4. The van der Waals surface area contributed by atoms with Crippen molar-refractivity contribution in [2.75, 3.05) is 19.8 Å². The van der Waals surface area contributed by atoms with Crippen molar-refractivity contribution in [3.05, 3.63) is 29.8 Å². The van der Waals surface area contributed by atoms with E-state index in [-0.39, 0.29) is 11.9 Å². The monoisotopic (exact) mass is 291 g/mol. The van der Waals surface area contributed by atoms with E-state index < -0.39 is 5.41 Å². The van der Waals surface area contributed by atoms with Gasteiger partial charge in [0.15, 0.2) is 0 Å². The van der Waals surface area contributed by atoms with Gasteiger partial charge in [-0.2, -0.15) is 0 Å². The molecule has 0 amide bonds. The van der Waals surface area contributed by atoms with Crippen molar-refractivity contribution in [1.82, 2.24) is 0 Å². The van der Waals surface area contributed by atoms with Crippen LogP contribution in [0, 0.1) is 5.41 Å². The molecule has 4 heteroatoms. The largest absolute Gasteiger partial charge is 0.493 e. The molecule has 0 fully saturated rings. The summed E-state index contributed by atoms with van der Waals surface area (Å²) < 4.78 is 11.0. The third-order valence-electron chi connectivity index (χ3n) is 4.26. The fraction of sp³-hybridized carbons (Fsp3) is 0.588. The molecule has 4 nitrogen and oxygen atoms in total. The number of carbonyl (C=O) groups is 1. The Morgan fingerprint density at radius 3 is 2.86 bits per heavy atom. The van der Waals surface area contributed by atoms with Gasteiger partial charge in [0, 0.05) is 18.0 Å². The summed E-state index contributed by atoms with van der Waals surface area (Å²) in [7, 11) is 0. The highest BCUT2D eigenvalue weighted by molar-refractivity contribution is 5.77. The molecule has 1 aromatic carbocycles. The lowest BCUT2D eigenvalue weighted by atomic mass is 9.74. The van der Waals surface area contributed by atoms with Crippen LogP contribution in [0.5, 0.6) is 5.75 Å². The third-order valence-corrected chi connectivity index (χ3v) is 4.26. The Balaban J connectivity index is 2.21. The molecule has 0 saturated heterocycles. The molecule has 1 aromatic rings. The zero-order chi connectivity index (χ0) is 15.3. The molecule has 2 N–H and O–H groups in total. The van der Waals surface area contributed by atoms with E-state index in [1.165, 1.54) is 5.56 Å². The maximum atomic E-state index is 12.4. The van der Waals surface area contributed by atoms with Gasteiger partial charge in [0.2, 0.25) is 0 Å². The highest BCUT2D eigenvalue weighted by Crippen LogP contribution is 2.42. The summed E-state index contributed by atoms with van der Waals surface area (Å²) >= 11 is 0. The number of ether oxygens (including phenoxy) is 2. The predicted molar refractivity (Wildman–Crippen MR) is 82.3 cm³/mol. The van der Waals surface area contributed by atoms with Crippen molar-refractivity contribution in [1.29, 1.82) is 0 Å². The Bertz CT molecular complexity index is 489. The summed E-state index contributed by atoms with van der Waals surface area (Å²) in [6.07, 6.45) is 2.35. The average molecular weight is 291 g/mol. The normalized spacial score (nSPS) is 19.5. The topological polar surface area (TPSA) is 61.5 Å². The van der Waals surface area contributed by atoms with E-state index in [0.717, 1.165) is 18.6 Å². The highest BCUT2D eigenvalue weighted by atomic mass is 16.5. The van der Waals surface area contributed by atoms with Crippen LogP contribution in [0.1, 0.15) is 44.6 Å². The molecule has 21 heavy (non-hydrogen) atoms. The summed E-state index contributed by atoms with van der Waals surface area (Å²) in [5, 5.41) is 0. The molecule has 1 aliphatic heterocycles. The van der Waals surface area contributed by atoms with Crippen molar-refractivity contribution in [2.24, 2.45) is 11.1 Å². The van der Waals surface area contributed by atoms with Gasteiger partial charge in [-0.05, 0) is 25.8 Å². The van der Waals surface area contributed by atoms with Gasteiger partial charge in [0.25, 0.3) is 0 Å². The standard InChI is InChI=1S/C17H25NO3/c1-3-9-17(12-18,16(19)20-4-2)10-13-11-21-15-8-6-5-7-14(13)15/h5-8,13H,3-4,9-12,18H2,1-2H3. The number of rotatable bonds is 7. The lowest BCUT2D eigenvalue weighted by Crippen LogP contribution is -2.41. The van der Waals surface area contributed by atoms with E-state index in [4.69, 9.17) is 15.2 Å². The Morgan fingerprint density at radius 2 is 2.19 bits per heavy atom. The van der Waals surface area contributed by atoms with Gasteiger partial charge >= 0.3 is 5.97 Å².